The lowest BCUT2D eigenvalue weighted by atomic mass is 9.84. The maximum absolute atomic E-state index is 12.9. The molecule has 1 aliphatic heterocycles. The number of allylic oxidation sites excluding steroid dienone is 1. The Morgan fingerprint density at radius 2 is 2.19 bits per heavy atom. The predicted octanol–water partition coefficient (Wildman–Crippen LogP) is 3.95. The standard InChI is InChI=1S/C21H31NO4S/c1-2-25-21-16(10-6-12-23)17(19-11-7-13-27-19)14-18(26-21)20(24)22-15-8-4-3-5-9-15/h7,11,13-17,21,23H,2-6,8-10,12H2,1H3,(H,22,24)/t16-,17-,21+/m0/s1. The van der Waals surface area contributed by atoms with E-state index in [9.17, 15) is 9.90 Å². The van der Waals surface area contributed by atoms with Gasteiger partial charge in [-0.05, 0) is 50.1 Å². The van der Waals surface area contributed by atoms with Gasteiger partial charge in [-0.25, -0.2) is 0 Å². The summed E-state index contributed by atoms with van der Waals surface area (Å²) in [7, 11) is 0. The molecule has 0 radical (unpaired) electrons. The highest BCUT2D eigenvalue weighted by molar-refractivity contribution is 7.10. The van der Waals surface area contributed by atoms with E-state index in [0.29, 0.717) is 18.8 Å². The second kappa shape index (κ2) is 10.2. The number of ether oxygens (including phenoxy) is 2. The molecule has 2 heterocycles. The number of thiophene rings is 1. The molecule has 0 spiro atoms. The van der Waals surface area contributed by atoms with E-state index in [4.69, 9.17) is 9.47 Å². The van der Waals surface area contributed by atoms with Gasteiger partial charge in [-0.15, -0.1) is 11.3 Å². The Balaban J connectivity index is 1.80. The van der Waals surface area contributed by atoms with Gasteiger partial charge in [0, 0.05) is 36.0 Å². The Hall–Kier alpha value is -1.37. The van der Waals surface area contributed by atoms with Crippen LogP contribution in [-0.2, 0) is 14.3 Å². The monoisotopic (exact) mass is 393 g/mol. The van der Waals surface area contributed by atoms with Crippen LogP contribution in [0.15, 0.2) is 29.3 Å². The maximum atomic E-state index is 12.9. The fraction of sp³-hybridized carbons (Fsp3) is 0.667. The smallest absolute Gasteiger partial charge is 0.286 e. The molecule has 1 amide bonds. The second-order valence-electron chi connectivity index (χ2n) is 7.35. The molecule has 1 fully saturated rings. The van der Waals surface area contributed by atoms with E-state index < -0.39 is 6.29 Å². The molecule has 3 atom stereocenters. The van der Waals surface area contributed by atoms with E-state index in [1.54, 1.807) is 11.3 Å². The first-order valence-electron chi connectivity index (χ1n) is 10.2. The Bertz CT molecular complexity index is 610. The molecule has 2 aliphatic rings. The van der Waals surface area contributed by atoms with Gasteiger partial charge in [0.15, 0.2) is 5.76 Å². The van der Waals surface area contributed by atoms with Gasteiger partial charge in [-0.1, -0.05) is 25.3 Å². The van der Waals surface area contributed by atoms with Crippen molar-refractivity contribution in [3.63, 3.8) is 0 Å². The normalized spacial score (nSPS) is 26.3. The van der Waals surface area contributed by atoms with Gasteiger partial charge >= 0.3 is 0 Å². The van der Waals surface area contributed by atoms with Crippen molar-refractivity contribution in [2.45, 2.75) is 70.1 Å². The van der Waals surface area contributed by atoms with Gasteiger partial charge in [-0.2, -0.15) is 0 Å². The number of aliphatic hydroxyl groups is 1. The van der Waals surface area contributed by atoms with Crippen LogP contribution in [0.3, 0.4) is 0 Å². The van der Waals surface area contributed by atoms with E-state index in [-0.39, 0.29) is 30.4 Å². The second-order valence-corrected chi connectivity index (χ2v) is 8.33. The van der Waals surface area contributed by atoms with Crippen LogP contribution in [0.4, 0.5) is 0 Å². The fourth-order valence-electron chi connectivity index (χ4n) is 4.08. The zero-order chi connectivity index (χ0) is 19.1. The topological polar surface area (TPSA) is 67.8 Å². The summed E-state index contributed by atoms with van der Waals surface area (Å²) < 4.78 is 11.9. The Morgan fingerprint density at radius 3 is 2.85 bits per heavy atom. The lowest BCUT2D eigenvalue weighted by Gasteiger charge is -2.36. The fourth-order valence-corrected chi connectivity index (χ4v) is 4.95. The summed E-state index contributed by atoms with van der Waals surface area (Å²) in [5.74, 6) is 0.391. The summed E-state index contributed by atoms with van der Waals surface area (Å²) >= 11 is 1.69. The van der Waals surface area contributed by atoms with Crippen LogP contribution < -0.4 is 5.32 Å². The van der Waals surface area contributed by atoms with E-state index in [2.05, 4.69) is 16.8 Å². The summed E-state index contributed by atoms with van der Waals surface area (Å²) in [4.78, 5) is 14.1. The third-order valence-electron chi connectivity index (χ3n) is 5.45. The highest BCUT2D eigenvalue weighted by Crippen LogP contribution is 2.41. The number of nitrogens with one attached hydrogen (secondary N) is 1. The lowest BCUT2D eigenvalue weighted by molar-refractivity contribution is -0.166. The minimum Gasteiger partial charge on any atom is -0.459 e. The van der Waals surface area contributed by atoms with Crippen LogP contribution in [0.5, 0.6) is 0 Å². The summed E-state index contributed by atoms with van der Waals surface area (Å²) in [6.07, 6.45) is 8.66. The average molecular weight is 394 g/mol. The van der Waals surface area contributed by atoms with E-state index in [1.807, 2.05) is 19.1 Å². The highest BCUT2D eigenvalue weighted by Gasteiger charge is 2.38. The summed E-state index contributed by atoms with van der Waals surface area (Å²) in [6.45, 7) is 2.60. The van der Waals surface area contributed by atoms with Gasteiger partial charge in [-0.3, -0.25) is 4.79 Å². The molecule has 1 aliphatic carbocycles. The Morgan fingerprint density at radius 1 is 1.37 bits per heavy atom. The lowest BCUT2D eigenvalue weighted by Crippen LogP contribution is -2.42. The van der Waals surface area contributed by atoms with Crippen LogP contribution >= 0.6 is 11.3 Å². The molecule has 27 heavy (non-hydrogen) atoms. The molecule has 0 bridgehead atoms. The number of carbonyl (C=O) groups is 1. The van der Waals surface area contributed by atoms with Crippen molar-refractivity contribution in [2.24, 2.45) is 5.92 Å². The molecule has 0 aromatic carbocycles. The minimum absolute atomic E-state index is 0.0638. The van der Waals surface area contributed by atoms with Crippen LogP contribution in [0.25, 0.3) is 0 Å². The quantitative estimate of drug-likeness (QED) is 0.702. The Kier molecular flexibility index (Phi) is 7.73. The van der Waals surface area contributed by atoms with Crippen molar-refractivity contribution >= 4 is 17.2 Å². The number of amides is 1. The van der Waals surface area contributed by atoms with Gasteiger partial charge in [0.25, 0.3) is 5.91 Å². The molecular weight excluding hydrogens is 362 g/mol. The van der Waals surface area contributed by atoms with E-state index in [0.717, 1.165) is 19.3 Å². The van der Waals surface area contributed by atoms with Gasteiger partial charge in [0.1, 0.15) is 0 Å². The van der Waals surface area contributed by atoms with Crippen LogP contribution in [0.2, 0.25) is 0 Å². The zero-order valence-electron chi connectivity index (χ0n) is 16.1. The van der Waals surface area contributed by atoms with Gasteiger partial charge < -0.3 is 19.9 Å². The largest absolute Gasteiger partial charge is 0.459 e. The van der Waals surface area contributed by atoms with Crippen LogP contribution in [0, 0.1) is 5.92 Å². The molecule has 1 aromatic heterocycles. The molecule has 2 N–H and O–H groups in total. The number of aliphatic hydroxyl groups excluding tert-OH is 1. The summed E-state index contributed by atoms with van der Waals surface area (Å²) in [6, 6.07) is 4.38. The van der Waals surface area contributed by atoms with Crippen molar-refractivity contribution in [3.05, 3.63) is 34.2 Å². The molecule has 1 saturated carbocycles. The first kappa shape index (κ1) is 20.4. The van der Waals surface area contributed by atoms with Crippen molar-refractivity contribution in [2.75, 3.05) is 13.2 Å². The average Bonchev–Trinajstić information content (AvgIpc) is 3.22. The maximum Gasteiger partial charge on any atom is 0.286 e. The Labute approximate surface area is 165 Å². The predicted molar refractivity (Wildman–Crippen MR) is 106 cm³/mol. The first-order valence-corrected chi connectivity index (χ1v) is 11.1. The van der Waals surface area contributed by atoms with Crippen molar-refractivity contribution in [1.29, 1.82) is 0 Å². The van der Waals surface area contributed by atoms with E-state index >= 15 is 0 Å². The number of hydrogen-bond acceptors (Lipinski definition) is 5. The van der Waals surface area contributed by atoms with Gasteiger partial charge in [0.05, 0.1) is 0 Å². The highest BCUT2D eigenvalue weighted by atomic mass is 32.1. The molecule has 150 valence electrons. The van der Waals surface area contributed by atoms with Crippen LogP contribution in [-0.4, -0.2) is 36.6 Å². The number of rotatable bonds is 8. The van der Waals surface area contributed by atoms with Crippen molar-refractivity contribution in [1.82, 2.24) is 5.32 Å². The SMILES string of the molecule is CCO[C@@H]1OC(C(=O)NC2CCCCC2)=C[C@H](c2cccs2)[C@@H]1CCCO. The first-order chi connectivity index (χ1) is 13.2. The number of hydrogen-bond donors (Lipinski definition) is 2. The third kappa shape index (κ3) is 5.33. The van der Waals surface area contributed by atoms with Gasteiger partial charge in [0.2, 0.25) is 6.29 Å². The molecule has 6 heteroatoms. The molecular formula is C21H31NO4S. The van der Waals surface area contributed by atoms with Crippen molar-refractivity contribution < 1.29 is 19.4 Å². The molecule has 0 unspecified atom stereocenters. The summed E-state index contributed by atoms with van der Waals surface area (Å²) in [5.41, 5.74) is 0. The molecule has 0 saturated heterocycles. The molecule has 3 rings (SSSR count). The minimum atomic E-state index is -0.467. The van der Waals surface area contributed by atoms with E-state index in [1.165, 1.54) is 24.1 Å². The summed E-state index contributed by atoms with van der Waals surface area (Å²) in [5, 5.41) is 14.5. The molecule has 5 nitrogen and oxygen atoms in total. The van der Waals surface area contributed by atoms with Crippen molar-refractivity contribution in [3.8, 4) is 0 Å². The number of carbonyl (C=O) groups excluding carboxylic acids is 1. The third-order valence-corrected chi connectivity index (χ3v) is 6.42. The zero-order valence-corrected chi connectivity index (χ0v) is 16.9. The molecule has 1 aromatic rings. The van der Waals surface area contributed by atoms with Crippen LogP contribution in [0.1, 0.15) is 62.7 Å².